The minimum Gasteiger partial charge on any atom is -0.329 e. The highest BCUT2D eigenvalue weighted by Gasteiger charge is 2.14. The molecule has 3 N–H and O–H groups in total. The zero-order valence-electron chi connectivity index (χ0n) is 6.66. The van der Waals surface area contributed by atoms with Gasteiger partial charge in [0.05, 0.1) is 3.79 Å². The highest BCUT2D eigenvalue weighted by Crippen LogP contribution is 2.25. The first-order valence-corrected chi connectivity index (χ1v) is 6.60. The average Bonchev–Trinajstić information content (AvgIpc) is 2.49. The molecule has 4 nitrogen and oxygen atoms in total. The van der Waals surface area contributed by atoms with Gasteiger partial charge in [-0.05, 0) is 28.1 Å². The molecular weight excluding hydrogens is 276 g/mol. The lowest BCUT2D eigenvalue weighted by Gasteiger charge is -2.01. The molecule has 0 atom stereocenters. The molecule has 0 saturated heterocycles. The first kappa shape index (κ1) is 11.1. The fourth-order valence-corrected chi connectivity index (χ4v) is 3.81. The van der Waals surface area contributed by atoms with Crippen LogP contribution in [0.2, 0.25) is 0 Å². The van der Waals surface area contributed by atoms with Crippen molar-refractivity contribution >= 4 is 37.3 Å². The number of rotatable bonds is 4. The first-order valence-electron chi connectivity index (χ1n) is 3.51. The van der Waals surface area contributed by atoms with Gasteiger partial charge in [0.1, 0.15) is 4.21 Å². The molecule has 0 aliphatic carbocycles. The summed E-state index contributed by atoms with van der Waals surface area (Å²) in [7, 11) is -3.34. The Balaban J connectivity index is 2.82. The summed E-state index contributed by atoms with van der Waals surface area (Å²) in [4.78, 5) is 0. The second-order valence-electron chi connectivity index (χ2n) is 2.24. The van der Waals surface area contributed by atoms with Gasteiger partial charge in [-0.3, -0.25) is 0 Å². The van der Waals surface area contributed by atoms with E-state index in [0.717, 1.165) is 3.79 Å². The van der Waals surface area contributed by atoms with Crippen molar-refractivity contribution in [2.75, 3.05) is 13.1 Å². The van der Waals surface area contributed by atoms with E-state index in [-0.39, 0.29) is 6.54 Å². The Labute approximate surface area is 89.3 Å². The van der Waals surface area contributed by atoms with Gasteiger partial charge in [-0.25, -0.2) is 13.1 Å². The van der Waals surface area contributed by atoms with E-state index in [4.69, 9.17) is 5.73 Å². The fraction of sp³-hybridized carbons (Fsp3) is 0.333. The molecule has 0 saturated carbocycles. The molecule has 0 spiro atoms. The minimum absolute atomic E-state index is 0.262. The van der Waals surface area contributed by atoms with Crippen molar-refractivity contribution in [2.24, 2.45) is 5.73 Å². The van der Waals surface area contributed by atoms with Gasteiger partial charge in [0, 0.05) is 13.1 Å². The van der Waals surface area contributed by atoms with Crippen molar-refractivity contribution < 1.29 is 8.42 Å². The molecule has 0 amide bonds. The Morgan fingerprint density at radius 1 is 1.54 bits per heavy atom. The van der Waals surface area contributed by atoms with Gasteiger partial charge in [0.25, 0.3) is 0 Å². The summed E-state index contributed by atoms with van der Waals surface area (Å²) < 4.78 is 26.3. The van der Waals surface area contributed by atoms with E-state index in [1.165, 1.54) is 11.3 Å². The van der Waals surface area contributed by atoms with Crippen molar-refractivity contribution in [3.05, 3.63) is 15.9 Å². The predicted molar refractivity (Wildman–Crippen MR) is 56.3 cm³/mol. The van der Waals surface area contributed by atoms with Crippen LogP contribution >= 0.6 is 27.3 Å². The summed E-state index contributed by atoms with van der Waals surface area (Å²) in [5, 5.41) is 0. The number of hydrogen-bond donors (Lipinski definition) is 2. The Hall–Kier alpha value is 0.0500. The van der Waals surface area contributed by atoms with Crippen LogP contribution in [-0.4, -0.2) is 21.5 Å². The van der Waals surface area contributed by atoms with Crippen LogP contribution < -0.4 is 10.5 Å². The number of hydrogen-bond acceptors (Lipinski definition) is 4. The highest BCUT2D eigenvalue weighted by atomic mass is 79.9. The molecule has 1 rings (SSSR count). The van der Waals surface area contributed by atoms with E-state index in [2.05, 4.69) is 20.7 Å². The maximum absolute atomic E-state index is 11.4. The van der Waals surface area contributed by atoms with Crippen molar-refractivity contribution in [1.29, 1.82) is 0 Å². The lowest BCUT2D eigenvalue weighted by molar-refractivity contribution is 0.584. The van der Waals surface area contributed by atoms with E-state index in [0.29, 0.717) is 10.8 Å². The molecule has 0 aromatic carbocycles. The van der Waals surface area contributed by atoms with Crippen LogP contribution in [0.4, 0.5) is 0 Å². The van der Waals surface area contributed by atoms with Crippen molar-refractivity contribution in [3.63, 3.8) is 0 Å². The van der Waals surface area contributed by atoms with Crippen LogP contribution in [0.5, 0.6) is 0 Å². The Kier molecular flexibility index (Phi) is 3.87. The van der Waals surface area contributed by atoms with Crippen LogP contribution in [0.1, 0.15) is 0 Å². The lowest BCUT2D eigenvalue weighted by atomic mass is 10.7. The fourth-order valence-electron chi connectivity index (χ4n) is 0.707. The Morgan fingerprint density at radius 3 is 2.69 bits per heavy atom. The highest BCUT2D eigenvalue weighted by molar-refractivity contribution is 9.11. The number of sulfonamides is 1. The van der Waals surface area contributed by atoms with E-state index < -0.39 is 10.0 Å². The number of thiophene rings is 1. The molecular formula is C6H9BrN2O2S2. The van der Waals surface area contributed by atoms with Gasteiger partial charge in [-0.2, -0.15) is 0 Å². The van der Waals surface area contributed by atoms with Gasteiger partial charge in [-0.15, -0.1) is 11.3 Å². The summed E-state index contributed by atoms with van der Waals surface area (Å²) in [6.07, 6.45) is 0. The van der Waals surface area contributed by atoms with Crippen LogP contribution in [0.3, 0.4) is 0 Å². The lowest BCUT2D eigenvalue weighted by Crippen LogP contribution is -2.28. The average molecular weight is 285 g/mol. The maximum atomic E-state index is 11.4. The zero-order valence-corrected chi connectivity index (χ0v) is 9.88. The van der Waals surface area contributed by atoms with Gasteiger partial charge in [0.15, 0.2) is 0 Å². The van der Waals surface area contributed by atoms with Gasteiger partial charge < -0.3 is 5.73 Å². The zero-order chi connectivity index (χ0) is 9.90. The summed E-state index contributed by atoms with van der Waals surface area (Å²) in [6.45, 7) is 0.559. The Bertz CT molecular complexity index is 374. The summed E-state index contributed by atoms with van der Waals surface area (Å²) in [6, 6.07) is 3.25. The quantitative estimate of drug-likeness (QED) is 0.857. The summed E-state index contributed by atoms with van der Waals surface area (Å²) in [5.74, 6) is 0. The SMILES string of the molecule is NCCNS(=O)(=O)c1ccc(Br)s1. The third-order valence-electron chi connectivity index (χ3n) is 1.25. The van der Waals surface area contributed by atoms with Crippen molar-refractivity contribution in [1.82, 2.24) is 4.72 Å². The van der Waals surface area contributed by atoms with E-state index in [1.807, 2.05) is 0 Å². The number of nitrogens with two attached hydrogens (primary N) is 1. The normalized spacial score (nSPS) is 11.8. The van der Waals surface area contributed by atoms with Crippen molar-refractivity contribution in [2.45, 2.75) is 4.21 Å². The molecule has 0 radical (unpaired) electrons. The van der Waals surface area contributed by atoms with E-state index >= 15 is 0 Å². The summed E-state index contributed by atoms with van der Waals surface area (Å²) >= 11 is 4.36. The van der Waals surface area contributed by atoms with Gasteiger partial charge >= 0.3 is 0 Å². The molecule has 0 fully saturated rings. The minimum atomic E-state index is -3.34. The van der Waals surface area contributed by atoms with Gasteiger partial charge in [-0.1, -0.05) is 0 Å². The molecule has 0 aliphatic rings. The second kappa shape index (κ2) is 4.52. The molecule has 13 heavy (non-hydrogen) atoms. The molecule has 1 aromatic rings. The first-order chi connectivity index (χ1) is 6.06. The summed E-state index contributed by atoms with van der Waals surface area (Å²) in [5.41, 5.74) is 5.19. The van der Waals surface area contributed by atoms with Crippen LogP contribution in [0.15, 0.2) is 20.1 Å². The molecule has 7 heteroatoms. The molecule has 1 heterocycles. The topological polar surface area (TPSA) is 72.2 Å². The van der Waals surface area contributed by atoms with Gasteiger partial charge in [0.2, 0.25) is 10.0 Å². The second-order valence-corrected chi connectivity index (χ2v) is 6.70. The molecule has 0 bridgehead atoms. The van der Waals surface area contributed by atoms with Crippen molar-refractivity contribution in [3.8, 4) is 0 Å². The third kappa shape index (κ3) is 3.03. The largest absolute Gasteiger partial charge is 0.329 e. The van der Waals surface area contributed by atoms with Crippen LogP contribution in [0.25, 0.3) is 0 Å². The monoisotopic (exact) mass is 284 g/mol. The smallest absolute Gasteiger partial charge is 0.250 e. The molecule has 1 aromatic heterocycles. The predicted octanol–water partition coefficient (Wildman–Crippen LogP) is 0.748. The molecule has 0 aliphatic heterocycles. The maximum Gasteiger partial charge on any atom is 0.250 e. The molecule has 0 unspecified atom stereocenters. The number of halogens is 1. The third-order valence-corrected chi connectivity index (χ3v) is 4.83. The molecule has 74 valence electrons. The van der Waals surface area contributed by atoms with Crippen LogP contribution in [0, 0.1) is 0 Å². The standard InChI is InChI=1S/C6H9BrN2O2S2/c7-5-1-2-6(12-5)13(10,11)9-4-3-8/h1-2,9H,3-4,8H2. The van der Waals surface area contributed by atoms with Crippen LogP contribution in [-0.2, 0) is 10.0 Å². The number of nitrogens with one attached hydrogen (secondary N) is 1. The van der Waals surface area contributed by atoms with E-state index in [1.54, 1.807) is 12.1 Å². The van der Waals surface area contributed by atoms with E-state index in [9.17, 15) is 8.42 Å². The Morgan fingerprint density at radius 2 is 2.23 bits per heavy atom.